The molecule has 0 spiro atoms. The van der Waals surface area contributed by atoms with Crippen molar-refractivity contribution in [1.82, 2.24) is 0 Å². The number of carbonyl (C=O) groups is 1. The van der Waals surface area contributed by atoms with Crippen molar-refractivity contribution in [3.8, 4) is 0 Å². The summed E-state index contributed by atoms with van der Waals surface area (Å²) in [6, 6.07) is 10.4. The minimum absolute atomic E-state index is 0.350. The minimum Gasteiger partial charge on any atom is -0.479 e. The molecular weight excluding hydrogens is 364 g/mol. The molecule has 0 aliphatic carbocycles. The molecule has 29 heavy (non-hydrogen) atoms. The number of unbranched alkanes of at least 4 members (excludes halogenated alkanes) is 9. The highest BCUT2D eigenvalue weighted by Crippen LogP contribution is 2.18. The Morgan fingerprint density at radius 2 is 1.34 bits per heavy atom. The Balaban J connectivity index is 2.17. The van der Waals surface area contributed by atoms with Gasteiger partial charge in [0.05, 0.1) is 12.7 Å². The van der Waals surface area contributed by atoms with Crippen LogP contribution in [0, 0.1) is 0 Å². The van der Waals surface area contributed by atoms with Crippen LogP contribution in [0.2, 0.25) is 0 Å². The van der Waals surface area contributed by atoms with Crippen LogP contribution in [0.15, 0.2) is 30.3 Å². The maximum Gasteiger partial charge on any atom is 0.332 e. The van der Waals surface area contributed by atoms with Gasteiger partial charge in [0.25, 0.3) is 0 Å². The molecule has 0 heterocycles. The molecule has 0 aromatic heterocycles. The van der Waals surface area contributed by atoms with Crippen LogP contribution in [0.3, 0.4) is 0 Å². The molecule has 1 rings (SSSR count). The van der Waals surface area contributed by atoms with Crippen molar-refractivity contribution < 1.29 is 19.7 Å². The number of carboxylic acids is 1. The van der Waals surface area contributed by atoms with Crippen molar-refractivity contribution in [2.45, 2.75) is 116 Å². The Hall–Kier alpha value is -1.39. The zero-order valence-electron chi connectivity index (χ0n) is 18.4. The number of rotatable bonds is 19. The lowest BCUT2D eigenvalue weighted by Crippen LogP contribution is -2.18. The molecule has 0 aliphatic rings. The standard InChI is InChI=1S/C25H42O4/c1-2-3-4-7-13-18-23(29-21-22-16-11-10-12-17-22)19-14-8-5-6-9-15-20-24(26)25(27)28/h10-12,16-17,23-24,26H,2-9,13-15,18-21H2,1H3,(H,27,28). The number of ether oxygens (including phenoxy) is 1. The Morgan fingerprint density at radius 3 is 1.90 bits per heavy atom. The van der Waals surface area contributed by atoms with Crippen molar-refractivity contribution in [3.63, 3.8) is 0 Å². The van der Waals surface area contributed by atoms with Crippen LogP contribution in [-0.4, -0.2) is 28.4 Å². The van der Waals surface area contributed by atoms with Crippen molar-refractivity contribution in [2.75, 3.05) is 0 Å². The van der Waals surface area contributed by atoms with Crippen molar-refractivity contribution in [1.29, 1.82) is 0 Å². The lowest BCUT2D eigenvalue weighted by molar-refractivity contribution is -0.146. The lowest BCUT2D eigenvalue weighted by Gasteiger charge is -2.18. The molecule has 4 nitrogen and oxygen atoms in total. The van der Waals surface area contributed by atoms with Crippen LogP contribution in [0.5, 0.6) is 0 Å². The van der Waals surface area contributed by atoms with Gasteiger partial charge in [0, 0.05) is 0 Å². The van der Waals surface area contributed by atoms with Crippen molar-refractivity contribution in [3.05, 3.63) is 35.9 Å². The predicted octanol–water partition coefficient (Wildman–Crippen LogP) is 6.50. The zero-order valence-corrected chi connectivity index (χ0v) is 18.4. The second-order valence-electron chi connectivity index (χ2n) is 8.17. The van der Waals surface area contributed by atoms with Gasteiger partial charge in [-0.1, -0.05) is 108 Å². The first-order valence-corrected chi connectivity index (χ1v) is 11.7. The minimum atomic E-state index is -1.20. The van der Waals surface area contributed by atoms with E-state index in [4.69, 9.17) is 9.84 Å². The van der Waals surface area contributed by atoms with Gasteiger partial charge in [-0.2, -0.15) is 0 Å². The largest absolute Gasteiger partial charge is 0.479 e. The second kappa shape index (κ2) is 17.5. The zero-order chi connectivity index (χ0) is 21.2. The molecule has 0 bridgehead atoms. The highest BCUT2D eigenvalue weighted by Gasteiger charge is 2.12. The van der Waals surface area contributed by atoms with Crippen molar-refractivity contribution >= 4 is 5.97 Å². The predicted molar refractivity (Wildman–Crippen MR) is 119 cm³/mol. The Labute approximate surface area is 177 Å². The maximum absolute atomic E-state index is 10.6. The third-order valence-electron chi connectivity index (χ3n) is 5.50. The summed E-state index contributed by atoms with van der Waals surface area (Å²) in [6.45, 7) is 2.95. The smallest absolute Gasteiger partial charge is 0.332 e. The van der Waals surface area contributed by atoms with Crippen LogP contribution in [0.25, 0.3) is 0 Å². The molecule has 1 aromatic carbocycles. The van der Waals surface area contributed by atoms with Crippen LogP contribution in [0.4, 0.5) is 0 Å². The fraction of sp³-hybridized carbons (Fsp3) is 0.720. The normalized spacial score (nSPS) is 13.3. The van der Waals surface area contributed by atoms with E-state index in [1.54, 1.807) is 0 Å². The summed E-state index contributed by atoms with van der Waals surface area (Å²) in [7, 11) is 0. The number of aliphatic hydroxyl groups excluding tert-OH is 1. The molecule has 0 saturated carbocycles. The van der Waals surface area contributed by atoms with Crippen LogP contribution in [0.1, 0.15) is 102 Å². The lowest BCUT2D eigenvalue weighted by atomic mass is 10.0. The summed E-state index contributed by atoms with van der Waals surface area (Å²) >= 11 is 0. The van der Waals surface area contributed by atoms with Gasteiger partial charge >= 0.3 is 5.97 Å². The molecule has 0 radical (unpaired) electrons. The summed E-state index contributed by atoms with van der Waals surface area (Å²) in [5.41, 5.74) is 1.24. The Bertz CT molecular complexity index is 503. The van der Waals surface area contributed by atoms with Gasteiger partial charge < -0.3 is 14.9 Å². The first-order chi connectivity index (χ1) is 14.1. The average molecular weight is 407 g/mol. The molecule has 0 fully saturated rings. The Kier molecular flexibility index (Phi) is 15.4. The van der Waals surface area contributed by atoms with Gasteiger partial charge in [-0.15, -0.1) is 0 Å². The second-order valence-corrected chi connectivity index (χ2v) is 8.17. The van der Waals surface area contributed by atoms with Crippen LogP contribution in [-0.2, 0) is 16.1 Å². The van der Waals surface area contributed by atoms with Gasteiger partial charge in [0.2, 0.25) is 0 Å². The van der Waals surface area contributed by atoms with Crippen molar-refractivity contribution in [2.24, 2.45) is 0 Å². The van der Waals surface area contributed by atoms with Crippen LogP contribution >= 0.6 is 0 Å². The van der Waals surface area contributed by atoms with E-state index in [0.29, 0.717) is 19.1 Å². The van der Waals surface area contributed by atoms with Gasteiger partial charge in [-0.05, 0) is 24.8 Å². The first kappa shape index (κ1) is 25.6. The highest BCUT2D eigenvalue weighted by molar-refractivity contribution is 5.71. The summed E-state index contributed by atoms with van der Waals surface area (Å²) < 4.78 is 6.25. The molecule has 2 atom stereocenters. The summed E-state index contributed by atoms with van der Waals surface area (Å²) in [5.74, 6) is -1.11. The number of hydrogen-bond donors (Lipinski definition) is 2. The molecule has 0 aliphatic heterocycles. The molecule has 2 N–H and O–H groups in total. The molecular formula is C25H42O4. The maximum atomic E-state index is 10.6. The van der Waals surface area contributed by atoms with E-state index in [1.807, 2.05) is 6.07 Å². The summed E-state index contributed by atoms with van der Waals surface area (Å²) in [4.78, 5) is 10.6. The highest BCUT2D eigenvalue weighted by atomic mass is 16.5. The summed E-state index contributed by atoms with van der Waals surface area (Å²) in [5, 5.41) is 17.9. The molecule has 4 heteroatoms. The number of benzene rings is 1. The summed E-state index contributed by atoms with van der Waals surface area (Å²) in [6.07, 6.45) is 14.7. The monoisotopic (exact) mass is 406 g/mol. The molecule has 1 aromatic rings. The molecule has 0 amide bonds. The molecule has 166 valence electrons. The number of hydrogen-bond acceptors (Lipinski definition) is 3. The number of aliphatic carboxylic acids is 1. The fourth-order valence-corrected chi connectivity index (χ4v) is 3.62. The molecule has 0 saturated heterocycles. The first-order valence-electron chi connectivity index (χ1n) is 11.7. The van der Waals surface area contributed by atoms with E-state index in [2.05, 4.69) is 31.2 Å². The molecule has 2 unspecified atom stereocenters. The van der Waals surface area contributed by atoms with E-state index in [1.165, 1.54) is 56.9 Å². The Morgan fingerprint density at radius 1 is 0.828 bits per heavy atom. The fourth-order valence-electron chi connectivity index (χ4n) is 3.62. The SMILES string of the molecule is CCCCCCCC(CCCCCCCCC(O)C(=O)O)OCc1ccccc1. The van der Waals surface area contributed by atoms with E-state index < -0.39 is 12.1 Å². The van der Waals surface area contributed by atoms with Crippen LogP contribution < -0.4 is 0 Å². The van der Waals surface area contributed by atoms with Gasteiger partial charge in [-0.25, -0.2) is 4.79 Å². The third-order valence-corrected chi connectivity index (χ3v) is 5.50. The topological polar surface area (TPSA) is 66.8 Å². The van der Waals surface area contributed by atoms with Gasteiger partial charge in [0.15, 0.2) is 6.10 Å². The number of aliphatic hydroxyl groups is 1. The van der Waals surface area contributed by atoms with E-state index in [-0.39, 0.29) is 0 Å². The van der Waals surface area contributed by atoms with Gasteiger partial charge in [-0.3, -0.25) is 0 Å². The number of carboxylic acid groups (broad SMARTS) is 1. The van der Waals surface area contributed by atoms with E-state index >= 15 is 0 Å². The van der Waals surface area contributed by atoms with E-state index in [9.17, 15) is 9.90 Å². The van der Waals surface area contributed by atoms with E-state index in [0.717, 1.165) is 32.1 Å². The quantitative estimate of drug-likeness (QED) is 0.257. The van der Waals surface area contributed by atoms with Gasteiger partial charge in [0.1, 0.15) is 0 Å². The third kappa shape index (κ3) is 14.3. The average Bonchev–Trinajstić information content (AvgIpc) is 2.73.